The number of hydrogen-bond donors (Lipinski definition) is 0. The Morgan fingerprint density at radius 1 is 1.19 bits per heavy atom. The molecule has 0 spiro atoms. The highest BCUT2D eigenvalue weighted by Crippen LogP contribution is 2.22. The number of aliphatic imine (C=N–C) groups is 1. The van der Waals surface area contributed by atoms with Crippen LogP contribution in [0.1, 0.15) is 71.3 Å². The van der Waals surface area contributed by atoms with Crippen molar-refractivity contribution < 1.29 is 9.53 Å². The predicted molar refractivity (Wildman–Crippen MR) is 113 cm³/mol. The number of nitrogens with zero attached hydrogens (tertiary/aromatic N) is 2. The Hall–Kier alpha value is -2.10. The van der Waals surface area contributed by atoms with E-state index < -0.39 is 0 Å². The summed E-state index contributed by atoms with van der Waals surface area (Å²) in [5.74, 6) is 0.163. The minimum absolute atomic E-state index is 0.0482. The molecule has 4 heteroatoms. The second kappa shape index (κ2) is 11.6. The van der Waals surface area contributed by atoms with Gasteiger partial charge in [-0.15, -0.1) is 0 Å². The van der Waals surface area contributed by atoms with Crippen LogP contribution in [0.25, 0.3) is 0 Å². The van der Waals surface area contributed by atoms with Crippen molar-refractivity contribution in [2.45, 2.75) is 72.1 Å². The van der Waals surface area contributed by atoms with Gasteiger partial charge in [0, 0.05) is 11.9 Å². The van der Waals surface area contributed by atoms with E-state index in [-0.39, 0.29) is 11.9 Å². The molecular formula is C23H34N2O2. The van der Waals surface area contributed by atoms with Crippen LogP contribution in [0.15, 0.2) is 41.3 Å². The molecule has 0 N–H and O–H groups in total. The number of unbranched alkanes of at least 4 members (excludes halogenated alkanes) is 3. The standard InChI is InChI=1S/C23H34N2O2/c1-4-7-8-9-12-19-13-10-14-21(17-19)25-16-15-24-22(18-25)27-23(26)20(6-3)11-5-2/h10,13-15,17-18,20H,4-9,11-12,16H2,1-3H3. The Balaban J connectivity index is 2.00. The first-order chi connectivity index (χ1) is 13.2. The molecule has 0 aromatic heterocycles. The molecule has 1 aliphatic rings. The lowest BCUT2D eigenvalue weighted by molar-refractivity contribution is -0.144. The summed E-state index contributed by atoms with van der Waals surface area (Å²) in [5, 5.41) is 0. The van der Waals surface area contributed by atoms with Crippen LogP contribution < -0.4 is 4.90 Å². The first kappa shape index (κ1) is 21.2. The van der Waals surface area contributed by atoms with Gasteiger partial charge >= 0.3 is 5.97 Å². The molecule has 1 aromatic rings. The van der Waals surface area contributed by atoms with E-state index in [1.165, 1.54) is 31.2 Å². The van der Waals surface area contributed by atoms with Gasteiger partial charge in [-0.3, -0.25) is 4.79 Å². The Morgan fingerprint density at radius 2 is 2.04 bits per heavy atom. The number of carbonyl (C=O) groups is 1. The number of anilines is 1. The summed E-state index contributed by atoms with van der Waals surface area (Å²) in [6.45, 7) is 7.04. The van der Waals surface area contributed by atoms with Gasteiger partial charge in [0.25, 0.3) is 0 Å². The van der Waals surface area contributed by atoms with Gasteiger partial charge in [0.1, 0.15) is 0 Å². The van der Waals surface area contributed by atoms with E-state index in [0.717, 1.165) is 31.4 Å². The van der Waals surface area contributed by atoms with E-state index in [4.69, 9.17) is 4.74 Å². The Kier molecular flexibility index (Phi) is 9.09. The summed E-state index contributed by atoms with van der Waals surface area (Å²) < 4.78 is 5.55. The van der Waals surface area contributed by atoms with Gasteiger partial charge in [-0.05, 0) is 43.4 Å². The maximum Gasteiger partial charge on any atom is 0.315 e. The highest BCUT2D eigenvalue weighted by Gasteiger charge is 2.20. The predicted octanol–water partition coefficient (Wildman–Crippen LogP) is 5.87. The van der Waals surface area contributed by atoms with Gasteiger partial charge in [0.2, 0.25) is 5.88 Å². The van der Waals surface area contributed by atoms with Crippen LogP contribution in [0, 0.1) is 5.92 Å². The van der Waals surface area contributed by atoms with E-state index in [9.17, 15) is 4.79 Å². The molecule has 148 valence electrons. The summed E-state index contributed by atoms with van der Waals surface area (Å²) in [6.07, 6.45) is 12.5. The van der Waals surface area contributed by atoms with Crippen LogP contribution >= 0.6 is 0 Å². The fourth-order valence-corrected chi connectivity index (χ4v) is 3.34. The highest BCUT2D eigenvalue weighted by atomic mass is 16.5. The Labute approximate surface area is 164 Å². The van der Waals surface area contributed by atoms with Crippen molar-refractivity contribution in [2.24, 2.45) is 10.9 Å². The molecule has 1 heterocycles. The van der Waals surface area contributed by atoms with Crippen LogP contribution in [-0.2, 0) is 16.0 Å². The monoisotopic (exact) mass is 370 g/mol. The van der Waals surface area contributed by atoms with E-state index in [0.29, 0.717) is 12.4 Å². The van der Waals surface area contributed by atoms with E-state index >= 15 is 0 Å². The molecule has 1 unspecified atom stereocenters. The molecular weight excluding hydrogens is 336 g/mol. The maximum atomic E-state index is 12.3. The van der Waals surface area contributed by atoms with Gasteiger partial charge in [0.05, 0.1) is 18.7 Å². The molecule has 1 aromatic carbocycles. The fourth-order valence-electron chi connectivity index (χ4n) is 3.34. The van der Waals surface area contributed by atoms with Crippen molar-refractivity contribution in [2.75, 3.05) is 11.4 Å². The zero-order valence-corrected chi connectivity index (χ0v) is 17.1. The normalized spacial score (nSPS) is 14.8. The minimum Gasteiger partial charge on any atom is -0.406 e. The van der Waals surface area contributed by atoms with Gasteiger partial charge in [-0.2, -0.15) is 0 Å². The molecule has 1 aliphatic heterocycles. The second-order valence-corrected chi connectivity index (χ2v) is 7.23. The lowest BCUT2D eigenvalue weighted by atomic mass is 10.0. The number of rotatable bonds is 11. The lowest BCUT2D eigenvalue weighted by Crippen LogP contribution is -2.24. The van der Waals surface area contributed by atoms with Crippen molar-refractivity contribution >= 4 is 17.9 Å². The first-order valence-corrected chi connectivity index (χ1v) is 10.5. The van der Waals surface area contributed by atoms with Crippen LogP contribution in [0.3, 0.4) is 0 Å². The average Bonchev–Trinajstić information content (AvgIpc) is 2.70. The summed E-state index contributed by atoms with van der Waals surface area (Å²) >= 11 is 0. The number of hydrogen-bond acceptors (Lipinski definition) is 4. The SMILES string of the molecule is CCCCCCc1cccc(N2C=C(OC(=O)C(CC)CCC)N=CC2)c1. The summed E-state index contributed by atoms with van der Waals surface area (Å²) in [5.41, 5.74) is 2.47. The number of esters is 1. The third kappa shape index (κ3) is 6.85. The van der Waals surface area contributed by atoms with Crippen molar-refractivity contribution in [3.8, 4) is 0 Å². The molecule has 0 saturated heterocycles. The molecule has 0 amide bonds. The van der Waals surface area contributed by atoms with Gasteiger partial charge in [0.15, 0.2) is 0 Å². The molecule has 0 aliphatic carbocycles. The first-order valence-electron chi connectivity index (χ1n) is 10.5. The minimum atomic E-state index is -0.172. The number of carbonyl (C=O) groups excluding carboxylic acids is 1. The highest BCUT2D eigenvalue weighted by molar-refractivity contribution is 5.75. The lowest BCUT2D eigenvalue weighted by Gasteiger charge is -2.23. The quantitative estimate of drug-likeness (QED) is 0.361. The van der Waals surface area contributed by atoms with Crippen LogP contribution in [-0.4, -0.2) is 18.7 Å². The molecule has 0 saturated carbocycles. The third-order valence-electron chi connectivity index (χ3n) is 4.99. The van der Waals surface area contributed by atoms with Gasteiger partial charge in [-0.1, -0.05) is 58.6 Å². The fraction of sp³-hybridized carbons (Fsp3) is 0.565. The van der Waals surface area contributed by atoms with Crippen LogP contribution in [0.5, 0.6) is 0 Å². The zero-order chi connectivity index (χ0) is 19.5. The number of aryl methyl sites for hydroxylation is 1. The van der Waals surface area contributed by atoms with E-state index in [1.807, 2.05) is 13.1 Å². The van der Waals surface area contributed by atoms with Gasteiger partial charge in [-0.25, -0.2) is 4.99 Å². The van der Waals surface area contributed by atoms with Crippen LogP contribution in [0.4, 0.5) is 5.69 Å². The average molecular weight is 371 g/mol. The maximum absolute atomic E-state index is 12.3. The summed E-state index contributed by atoms with van der Waals surface area (Å²) in [6, 6.07) is 8.61. The van der Waals surface area contributed by atoms with Crippen molar-refractivity contribution in [3.63, 3.8) is 0 Å². The molecule has 0 radical (unpaired) electrons. The smallest absolute Gasteiger partial charge is 0.315 e. The Bertz CT molecular complexity index is 652. The second-order valence-electron chi connectivity index (χ2n) is 7.23. The number of ether oxygens (including phenoxy) is 1. The Morgan fingerprint density at radius 3 is 2.78 bits per heavy atom. The molecule has 2 rings (SSSR count). The van der Waals surface area contributed by atoms with Crippen LogP contribution in [0.2, 0.25) is 0 Å². The number of benzene rings is 1. The van der Waals surface area contributed by atoms with Crippen molar-refractivity contribution in [3.05, 3.63) is 41.9 Å². The van der Waals surface area contributed by atoms with Crippen molar-refractivity contribution in [1.29, 1.82) is 0 Å². The molecule has 27 heavy (non-hydrogen) atoms. The summed E-state index contributed by atoms with van der Waals surface area (Å²) in [7, 11) is 0. The molecule has 0 bridgehead atoms. The third-order valence-corrected chi connectivity index (χ3v) is 4.99. The molecule has 0 fully saturated rings. The van der Waals surface area contributed by atoms with E-state index in [2.05, 4.69) is 48.0 Å². The van der Waals surface area contributed by atoms with Gasteiger partial charge < -0.3 is 9.64 Å². The largest absolute Gasteiger partial charge is 0.406 e. The summed E-state index contributed by atoms with van der Waals surface area (Å²) in [4.78, 5) is 18.7. The molecule has 1 atom stereocenters. The molecule has 4 nitrogen and oxygen atoms in total. The zero-order valence-electron chi connectivity index (χ0n) is 17.1. The van der Waals surface area contributed by atoms with E-state index in [1.54, 1.807) is 6.21 Å². The topological polar surface area (TPSA) is 41.9 Å². The van der Waals surface area contributed by atoms with Crippen molar-refractivity contribution in [1.82, 2.24) is 0 Å².